The second-order valence-electron chi connectivity index (χ2n) is 8.95. The zero-order valence-electron chi connectivity index (χ0n) is 20.0. The van der Waals surface area contributed by atoms with Crippen molar-refractivity contribution in [1.29, 1.82) is 0 Å². The molecule has 0 saturated heterocycles. The maximum atomic E-state index is 2.31. The first-order chi connectivity index (χ1) is 16.6. The molecule has 0 aliphatic heterocycles. The lowest BCUT2D eigenvalue weighted by atomic mass is 9.99. The third kappa shape index (κ3) is 4.51. The monoisotopic (exact) mass is 439 g/mol. The first-order valence-electron chi connectivity index (χ1n) is 11.8. The number of benzene rings is 5. The molecule has 0 heterocycles. The first kappa shape index (κ1) is 21.7. The highest BCUT2D eigenvalue weighted by atomic mass is 15.1. The molecule has 1 nitrogen and oxygen atoms in total. The summed E-state index contributed by atoms with van der Waals surface area (Å²) in [6.07, 6.45) is 4.41. The number of rotatable bonds is 5. The van der Waals surface area contributed by atoms with Gasteiger partial charge in [-0.3, -0.25) is 0 Å². The van der Waals surface area contributed by atoms with Gasteiger partial charge in [0.1, 0.15) is 0 Å². The first-order valence-corrected chi connectivity index (χ1v) is 11.8. The SMILES string of the molecule is Cc1ccc(N(c2ccc(C)cc2)c2ccc(/C=C/c3ccc(C)c4ccccc34)cc2)cc1. The van der Waals surface area contributed by atoms with Crippen LogP contribution < -0.4 is 4.90 Å². The van der Waals surface area contributed by atoms with Crippen molar-refractivity contribution in [2.75, 3.05) is 4.90 Å². The summed E-state index contributed by atoms with van der Waals surface area (Å²) >= 11 is 0. The summed E-state index contributed by atoms with van der Waals surface area (Å²) < 4.78 is 0. The van der Waals surface area contributed by atoms with Crippen molar-refractivity contribution in [2.24, 2.45) is 0 Å². The molecule has 0 saturated carbocycles. The standard InChI is InChI=1S/C33H29N/c1-24-8-18-29(19-9-24)34(30-20-10-25(2)11-21-30)31-22-14-27(15-23-31)13-17-28-16-12-26(3)32-6-4-5-7-33(28)32/h4-23H,1-3H3/b17-13+. The fraction of sp³-hybridized carbons (Fsp3) is 0.0909. The molecule has 0 aliphatic carbocycles. The lowest BCUT2D eigenvalue weighted by Gasteiger charge is -2.25. The Kier molecular flexibility index (Phi) is 6.01. The molecule has 0 aliphatic rings. The van der Waals surface area contributed by atoms with Crippen LogP contribution in [0.25, 0.3) is 22.9 Å². The summed E-state index contributed by atoms with van der Waals surface area (Å²) in [5.41, 5.74) is 9.71. The Morgan fingerprint density at radius 1 is 0.471 bits per heavy atom. The van der Waals surface area contributed by atoms with Gasteiger partial charge in [-0.2, -0.15) is 0 Å². The molecule has 1 heteroatoms. The molecule has 0 unspecified atom stereocenters. The van der Waals surface area contributed by atoms with Gasteiger partial charge in [0.25, 0.3) is 0 Å². The highest BCUT2D eigenvalue weighted by Gasteiger charge is 2.12. The molecular formula is C33H29N. The van der Waals surface area contributed by atoms with Gasteiger partial charge in [-0.1, -0.05) is 96.1 Å². The Morgan fingerprint density at radius 2 is 0.971 bits per heavy atom. The molecule has 0 bridgehead atoms. The highest BCUT2D eigenvalue weighted by molar-refractivity contribution is 5.94. The molecular weight excluding hydrogens is 410 g/mol. The van der Waals surface area contributed by atoms with Crippen LogP contribution in [0.1, 0.15) is 27.8 Å². The number of nitrogens with zero attached hydrogens (tertiary/aromatic N) is 1. The lowest BCUT2D eigenvalue weighted by molar-refractivity contribution is 1.27. The van der Waals surface area contributed by atoms with Crippen molar-refractivity contribution in [3.05, 3.63) is 137 Å². The summed E-state index contributed by atoms with van der Waals surface area (Å²) in [7, 11) is 0. The van der Waals surface area contributed by atoms with Gasteiger partial charge in [0.15, 0.2) is 0 Å². The Labute approximate surface area is 202 Å². The van der Waals surface area contributed by atoms with E-state index in [1.807, 2.05) is 0 Å². The number of hydrogen-bond donors (Lipinski definition) is 0. The van der Waals surface area contributed by atoms with E-state index < -0.39 is 0 Å². The maximum absolute atomic E-state index is 2.31. The molecule has 0 fully saturated rings. The molecule has 0 radical (unpaired) electrons. The molecule has 0 N–H and O–H groups in total. The summed E-state index contributed by atoms with van der Waals surface area (Å²) in [5.74, 6) is 0. The van der Waals surface area contributed by atoms with Gasteiger partial charge in [0, 0.05) is 17.1 Å². The fourth-order valence-electron chi connectivity index (χ4n) is 4.37. The van der Waals surface area contributed by atoms with Gasteiger partial charge in [-0.25, -0.2) is 0 Å². The molecule has 34 heavy (non-hydrogen) atoms. The zero-order chi connectivity index (χ0) is 23.5. The summed E-state index contributed by atoms with van der Waals surface area (Å²) in [6.45, 7) is 6.42. The van der Waals surface area contributed by atoms with Crippen molar-refractivity contribution in [3.63, 3.8) is 0 Å². The molecule has 166 valence electrons. The van der Waals surface area contributed by atoms with Crippen LogP contribution in [-0.4, -0.2) is 0 Å². The van der Waals surface area contributed by atoms with Crippen LogP contribution in [0.15, 0.2) is 109 Å². The Hall–Kier alpha value is -4.10. The van der Waals surface area contributed by atoms with Gasteiger partial charge in [0.2, 0.25) is 0 Å². The maximum Gasteiger partial charge on any atom is 0.0462 e. The third-order valence-electron chi connectivity index (χ3n) is 6.37. The average molecular weight is 440 g/mol. The highest BCUT2D eigenvalue weighted by Crippen LogP contribution is 2.35. The number of fused-ring (bicyclic) bond motifs is 1. The van der Waals surface area contributed by atoms with E-state index in [9.17, 15) is 0 Å². The lowest BCUT2D eigenvalue weighted by Crippen LogP contribution is -2.09. The zero-order valence-corrected chi connectivity index (χ0v) is 20.0. The number of aryl methyl sites for hydroxylation is 3. The minimum Gasteiger partial charge on any atom is -0.311 e. The van der Waals surface area contributed by atoms with Crippen molar-refractivity contribution >= 4 is 40.0 Å². The summed E-state index contributed by atoms with van der Waals surface area (Å²) in [5, 5.41) is 2.60. The minimum atomic E-state index is 1.14. The van der Waals surface area contributed by atoms with Gasteiger partial charge >= 0.3 is 0 Å². The van der Waals surface area contributed by atoms with Gasteiger partial charge in [-0.05, 0) is 84.6 Å². The fourth-order valence-corrected chi connectivity index (χ4v) is 4.37. The normalized spacial score (nSPS) is 11.3. The largest absolute Gasteiger partial charge is 0.311 e. The van der Waals surface area contributed by atoms with Crippen LogP contribution >= 0.6 is 0 Å². The molecule has 5 rings (SSSR count). The van der Waals surface area contributed by atoms with E-state index in [1.54, 1.807) is 0 Å². The van der Waals surface area contributed by atoms with Gasteiger partial charge in [0.05, 0.1) is 0 Å². The predicted molar refractivity (Wildman–Crippen MR) is 148 cm³/mol. The second kappa shape index (κ2) is 9.41. The molecule has 0 atom stereocenters. The van der Waals surface area contributed by atoms with Crippen LogP contribution in [0.2, 0.25) is 0 Å². The topological polar surface area (TPSA) is 3.24 Å². The van der Waals surface area contributed by atoms with E-state index in [2.05, 4.69) is 147 Å². The van der Waals surface area contributed by atoms with E-state index in [0.29, 0.717) is 0 Å². The Morgan fingerprint density at radius 3 is 1.53 bits per heavy atom. The van der Waals surface area contributed by atoms with Crippen molar-refractivity contribution in [1.82, 2.24) is 0 Å². The van der Waals surface area contributed by atoms with Crippen LogP contribution in [0.3, 0.4) is 0 Å². The van der Waals surface area contributed by atoms with E-state index in [4.69, 9.17) is 0 Å². The van der Waals surface area contributed by atoms with E-state index in [1.165, 1.54) is 38.6 Å². The van der Waals surface area contributed by atoms with Crippen LogP contribution in [0, 0.1) is 20.8 Å². The van der Waals surface area contributed by atoms with Crippen molar-refractivity contribution < 1.29 is 0 Å². The van der Waals surface area contributed by atoms with E-state index in [0.717, 1.165) is 17.1 Å². The van der Waals surface area contributed by atoms with Crippen molar-refractivity contribution in [3.8, 4) is 0 Å². The Bertz CT molecular complexity index is 1390. The molecule has 0 aromatic heterocycles. The summed E-state index contributed by atoms with van der Waals surface area (Å²) in [4.78, 5) is 2.31. The molecule has 0 amide bonds. The van der Waals surface area contributed by atoms with E-state index in [-0.39, 0.29) is 0 Å². The van der Waals surface area contributed by atoms with Crippen molar-refractivity contribution in [2.45, 2.75) is 20.8 Å². The van der Waals surface area contributed by atoms with Crippen LogP contribution in [0.4, 0.5) is 17.1 Å². The summed E-state index contributed by atoms with van der Waals surface area (Å²) in [6, 6.07) is 39.2. The quantitative estimate of drug-likeness (QED) is 0.247. The smallest absolute Gasteiger partial charge is 0.0462 e. The number of hydrogen-bond acceptors (Lipinski definition) is 1. The van der Waals surface area contributed by atoms with Gasteiger partial charge in [-0.15, -0.1) is 0 Å². The second-order valence-corrected chi connectivity index (χ2v) is 8.95. The van der Waals surface area contributed by atoms with Crippen LogP contribution in [-0.2, 0) is 0 Å². The third-order valence-corrected chi connectivity index (χ3v) is 6.37. The van der Waals surface area contributed by atoms with Gasteiger partial charge < -0.3 is 4.90 Å². The number of anilines is 3. The Balaban J connectivity index is 1.47. The molecule has 5 aromatic carbocycles. The minimum absolute atomic E-state index is 1.14. The van der Waals surface area contributed by atoms with Crippen LogP contribution in [0.5, 0.6) is 0 Å². The molecule has 5 aromatic rings. The molecule has 0 spiro atoms. The average Bonchev–Trinajstić information content (AvgIpc) is 2.87. The van der Waals surface area contributed by atoms with E-state index >= 15 is 0 Å². The predicted octanol–water partition coefficient (Wildman–Crippen LogP) is 9.41.